The summed E-state index contributed by atoms with van der Waals surface area (Å²) in [4.78, 5) is 25.8. The van der Waals surface area contributed by atoms with Crippen molar-refractivity contribution < 1.29 is 9.53 Å². The van der Waals surface area contributed by atoms with Crippen molar-refractivity contribution in [2.75, 3.05) is 24.8 Å². The molecule has 8 nitrogen and oxygen atoms in total. The van der Waals surface area contributed by atoms with E-state index in [1.54, 1.807) is 49.2 Å². The quantitative estimate of drug-likeness (QED) is 0.585. The van der Waals surface area contributed by atoms with Crippen LogP contribution in [0, 0.1) is 0 Å². The van der Waals surface area contributed by atoms with Gasteiger partial charge in [0, 0.05) is 17.7 Å². The number of hydrogen-bond acceptors (Lipinski definition) is 6. The number of ether oxygens (including phenoxy) is 1. The molecule has 28 heavy (non-hydrogen) atoms. The molecule has 0 radical (unpaired) electrons. The first-order chi connectivity index (χ1) is 13.6. The number of hydrogen-bond donors (Lipinski definition) is 1. The fraction of sp³-hybridized carbons (Fsp3) is 0.263. The lowest BCUT2D eigenvalue weighted by molar-refractivity contribution is 0.102. The number of tetrazole rings is 1. The molecule has 146 valence electrons. The molecule has 0 saturated heterocycles. The lowest BCUT2D eigenvalue weighted by Crippen LogP contribution is -2.25. The molecule has 0 saturated carbocycles. The summed E-state index contributed by atoms with van der Waals surface area (Å²) in [5, 5.41) is 10.6. The number of rotatable bonds is 8. The minimum absolute atomic E-state index is 0.174. The second-order valence-electron chi connectivity index (χ2n) is 5.82. The highest BCUT2D eigenvalue weighted by Gasteiger charge is 2.12. The summed E-state index contributed by atoms with van der Waals surface area (Å²) >= 11 is 1.62. The molecule has 0 atom stereocenters. The molecule has 0 aliphatic carbocycles. The lowest BCUT2D eigenvalue weighted by Gasteiger charge is -2.09. The fourth-order valence-corrected chi connectivity index (χ4v) is 3.38. The number of thioether (sulfide) groups is 1. The summed E-state index contributed by atoms with van der Waals surface area (Å²) < 4.78 is 7.39. The summed E-state index contributed by atoms with van der Waals surface area (Å²) in [6, 6.07) is 14.4. The Morgan fingerprint density at radius 3 is 2.61 bits per heavy atom. The van der Waals surface area contributed by atoms with E-state index in [0.29, 0.717) is 30.1 Å². The average molecular weight is 399 g/mol. The van der Waals surface area contributed by atoms with Gasteiger partial charge in [-0.1, -0.05) is 19.1 Å². The summed E-state index contributed by atoms with van der Waals surface area (Å²) in [5.74, 6) is 0.714. The van der Waals surface area contributed by atoms with Gasteiger partial charge in [-0.3, -0.25) is 4.79 Å². The Balaban J connectivity index is 1.74. The van der Waals surface area contributed by atoms with Crippen molar-refractivity contribution in [3.63, 3.8) is 0 Å². The molecular weight excluding hydrogens is 378 g/mol. The van der Waals surface area contributed by atoms with Crippen molar-refractivity contribution in [3.05, 3.63) is 64.6 Å². The molecule has 9 heteroatoms. The standard InChI is InChI=1S/C19H21N5O3S/c1-3-28-17-7-5-4-6-16(17)18(25)20-14-8-10-15(11-9-14)24-19(26)23(21-22-24)12-13-27-2/h4-11H,3,12-13H2,1-2H3,(H,20,25). The minimum atomic E-state index is -0.348. The van der Waals surface area contributed by atoms with Crippen molar-refractivity contribution >= 4 is 23.4 Å². The minimum Gasteiger partial charge on any atom is -0.383 e. The second-order valence-corrected chi connectivity index (χ2v) is 7.13. The van der Waals surface area contributed by atoms with Crippen LogP contribution in [0.4, 0.5) is 5.69 Å². The molecule has 1 aromatic heterocycles. The highest BCUT2D eigenvalue weighted by Crippen LogP contribution is 2.23. The molecule has 1 amide bonds. The molecule has 2 aromatic carbocycles. The Labute approximate surface area is 166 Å². The van der Waals surface area contributed by atoms with Gasteiger partial charge in [0.15, 0.2) is 0 Å². The van der Waals surface area contributed by atoms with Crippen LogP contribution in [0.25, 0.3) is 5.69 Å². The van der Waals surface area contributed by atoms with E-state index in [0.717, 1.165) is 10.6 Å². The zero-order valence-corrected chi connectivity index (χ0v) is 16.5. The lowest BCUT2D eigenvalue weighted by atomic mass is 10.2. The van der Waals surface area contributed by atoms with E-state index in [9.17, 15) is 9.59 Å². The summed E-state index contributed by atoms with van der Waals surface area (Å²) in [6.07, 6.45) is 0. The van der Waals surface area contributed by atoms with Gasteiger partial charge in [-0.05, 0) is 52.6 Å². The van der Waals surface area contributed by atoms with E-state index < -0.39 is 0 Å². The highest BCUT2D eigenvalue weighted by atomic mass is 32.2. The zero-order valence-electron chi connectivity index (χ0n) is 15.7. The molecule has 1 N–H and O–H groups in total. The van der Waals surface area contributed by atoms with Crippen LogP contribution in [0.3, 0.4) is 0 Å². The summed E-state index contributed by atoms with van der Waals surface area (Å²) in [5.41, 5.74) is 1.48. The first kappa shape index (κ1) is 19.8. The smallest absolute Gasteiger partial charge is 0.368 e. The number of nitrogens with zero attached hydrogens (tertiary/aromatic N) is 4. The number of benzene rings is 2. The Morgan fingerprint density at radius 1 is 1.14 bits per heavy atom. The summed E-state index contributed by atoms with van der Waals surface area (Å²) in [7, 11) is 1.56. The SMILES string of the molecule is CCSc1ccccc1C(=O)Nc1ccc(-n2nnn(CCOC)c2=O)cc1. The van der Waals surface area contributed by atoms with Gasteiger partial charge in [0.1, 0.15) is 0 Å². The molecule has 3 aromatic rings. The van der Waals surface area contributed by atoms with E-state index in [1.165, 1.54) is 9.36 Å². The monoisotopic (exact) mass is 399 g/mol. The maximum absolute atomic E-state index is 12.6. The normalized spacial score (nSPS) is 10.8. The van der Waals surface area contributed by atoms with Crippen molar-refractivity contribution in [3.8, 4) is 5.69 Å². The third-order valence-corrected chi connectivity index (χ3v) is 4.90. The number of anilines is 1. The van der Waals surface area contributed by atoms with Gasteiger partial charge >= 0.3 is 5.69 Å². The number of carbonyl (C=O) groups excluding carboxylic acids is 1. The van der Waals surface area contributed by atoms with Gasteiger partial charge in [-0.2, -0.15) is 9.36 Å². The van der Waals surface area contributed by atoms with Crippen LogP contribution in [0.15, 0.2) is 58.2 Å². The number of amides is 1. The van der Waals surface area contributed by atoms with Crippen LogP contribution >= 0.6 is 11.8 Å². The van der Waals surface area contributed by atoms with Crippen LogP contribution in [0.1, 0.15) is 17.3 Å². The van der Waals surface area contributed by atoms with Gasteiger partial charge in [0.2, 0.25) is 0 Å². The topological polar surface area (TPSA) is 91.0 Å². The highest BCUT2D eigenvalue weighted by molar-refractivity contribution is 7.99. The van der Waals surface area contributed by atoms with Crippen LogP contribution in [0.5, 0.6) is 0 Å². The maximum Gasteiger partial charge on any atom is 0.368 e. The Bertz CT molecular complexity index is 997. The molecule has 1 heterocycles. The van der Waals surface area contributed by atoms with Crippen molar-refractivity contribution in [2.45, 2.75) is 18.4 Å². The average Bonchev–Trinajstić information content (AvgIpc) is 3.08. The Morgan fingerprint density at radius 2 is 1.89 bits per heavy atom. The van der Waals surface area contributed by atoms with Crippen molar-refractivity contribution in [1.29, 1.82) is 0 Å². The Kier molecular flexibility index (Phi) is 6.62. The molecular formula is C19H21N5O3S. The predicted molar refractivity (Wildman–Crippen MR) is 108 cm³/mol. The van der Waals surface area contributed by atoms with Crippen LogP contribution in [0.2, 0.25) is 0 Å². The van der Waals surface area contributed by atoms with Crippen LogP contribution < -0.4 is 11.0 Å². The van der Waals surface area contributed by atoms with Crippen molar-refractivity contribution in [2.24, 2.45) is 0 Å². The molecule has 0 aliphatic heterocycles. The first-order valence-electron chi connectivity index (χ1n) is 8.79. The third-order valence-electron chi connectivity index (χ3n) is 3.95. The Hall–Kier alpha value is -2.91. The van der Waals surface area contributed by atoms with Gasteiger partial charge in [0.05, 0.1) is 24.4 Å². The van der Waals surface area contributed by atoms with Gasteiger partial charge in [-0.15, -0.1) is 11.8 Å². The van der Waals surface area contributed by atoms with E-state index in [-0.39, 0.29) is 11.6 Å². The molecule has 3 rings (SSSR count). The van der Waals surface area contributed by atoms with E-state index in [1.807, 2.05) is 25.1 Å². The maximum atomic E-state index is 12.6. The molecule has 0 aliphatic rings. The first-order valence-corrected chi connectivity index (χ1v) is 9.78. The van der Waals surface area contributed by atoms with Gasteiger partial charge in [0.25, 0.3) is 5.91 Å². The predicted octanol–water partition coefficient (Wildman–Crippen LogP) is 2.44. The molecule has 0 spiro atoms. The summed E-state index contributed by atoms with van der Waals surface area (Å²) in [6.45, 7) is 2.76. The van der Waals surface area contributed by atoms with E-state index in [4.69, 9.17) is 4.74 Å². The van der Waals surface area contributed by atoms with Crippen LogP contribution in [-0.4, -0.2) is 45.2 Å². The zero-order chi connectivity index (χ0) is 19.9. The second kappa shape index (κ2) is 9.34. The van der Waals surface area contributed by atoms with Gasteiger partial charge in [-0.25, -0.2) is 4.79 Å². The van der Waals surface area contributed by atoms with E-state index in [2.05, 4.69) is 15.7 Å². The van der Waals surface area contributed by atoms with Crippen LogP contribution in [-0.2, 0) is 11.3 Å². The molecule has 0 bridgehead atoms. The third kappa shape index (κ3) is 4.49. The molecule has 0 unspecified atom stereocenters. The number of nitrogens with one attached hydrogen (secondary N) is 1. The number of aromatic nitrogens is 4. The number of carbonyl (C=O) groups is 1. The molecule has 0 fully saturated rings. The number of methoxy groups -OCH3 is 1. The van der Waals surface area contributed by atoms with E-state index >= 15 is 0 Å². The van der Waals surface area contributed by atoms with Gasteiger partial charge < -0.3 is 10.1 Å². The largest absolute Gasteiger partial charge is 0.383 e. The fourth-order valence-electron chi connectivity index (χ4n) is 2.57. The van der Waals surface area contributed by atoms with Crippen molar-refractivity contribution in [1.82, 2.24) is 19.8 Å².